The number of rotatable bonds is 6. The van der Waals surface area contributed by atoms with Crippen LogP contribution in [0.15, 0.2) is 42.5 Å². The van der Waals surface area contributed by atoms with Crippen molar-refractivity contribution in [2.45, 2.75) is 26.9 Å². The van der Waals surface area contributed by atoms with Crippen molar-refractivity contribution < 1.29 is 14.3 Å². The molecule has 0 aliphatic rings. The monoisotopic (exact) mass is 284 g/mol. The maximum Gasteiger partial charge on any atom is 0.162 e. The summed E-state index contributed by atoms with van der Waals surface area (Å²) in [4.78, 5) is 11.7. The van der Waals surface area contributed by atoms with Crippen molar-refractivity contribution in [2.75, 3.05) is 7.11 Å². The third-order valence-electron chi connectivity index (χ3n) is 3.32. The standard InChI is InChI=1S/C18H20O3/c1-4-16(19)15-9-10-17(18(11-15)20-3)21-12-14-7-5-13(2)6-8-14/h5-11H,4,12H2,1-3H3. The van der Waals surface area contributed by atoms with Crippen LogP contribution in [0.25, 0.3) is 0 Å². The fourth-order valence-electron chi connectivity index (χ4n) is 2.01. The lowest BCUT2D eigenvalue weighted by molar-refractivity contribution is 0.0987. The van der Waals surface area contributed by atoms with Gasteiger partial charge in [0, 0.05) is 12.0 Å². The van der Waals surface area contributed by atoms with E-state index in [1.165, 1.54) is 5.56 Å². The molecule has 3 heteroatoms. The summed E-state index contributed by atoms with van der Waals surface area (Å²) >= 11 is 0. The Bertz CT molecular complexity index is 615. The number of Topliss-reactive ketones (excluding diaryl/α,β-unsaturated/α-hetero) is 1. The Morgan fingerprint density at radius 3 is 2.38 bits per heavy atom. The van der Waals surface area contributed by atoms with E-state index in [2.05, 4.69) is 19.1 Å². The molecule has 110 valence electrons. The van der Waals surface area contributed by atoms with Crippen LogP contribution in [0.4, 0.5) is 0 Å². The van der Waals surface area contributed by atoms with E-state index < -0.39 is 0 Å². The molecule has 0 aromatic heterocycles. The van der Waals surface area contributed by atoms with Gasteiger partial charge in [-0.05, 0) is 30.7 Å². The van der Waals surface area contributed by atoms with E-state index in [-0.39, 0.29) is 5.78 Å². The van der Waals surface area contributed by atoms with Gasteiger partial charge in [0.05, 0.1) is 7.11 Å². The SMILES string of the molecule is CCC(=O)c1ccc(OCc2ccc(C)cc2)c(OC)c1. The van der Waals surface area contributed by atoms with Crippen molar-refractivity contribution in [1.82, 2.24) is 0 Å². The highest BCUT2D eigenvalue weighted by Gasteiger charge is 2.10. The summed E-state index contributed by atoms with van der Waals surface area (Å²) in [6, 6.07) is 13.5. The molecule has 0 bridgehead atoms. The zero-order valence-corrected chi connectivity index (χ0v) is 12.7. The number of carbonyl (C=O) groups excluding carboxylic acids is 1. The summed E-state index contributed by atoms with van der Waals surface area (Å²) < 4.78 is 11.1. The molecular weight excluding hydrogens is 264 g/mol. The van der Waals surface area contributed by atoms with Gasteiger partial charge in [-0.1, -0.05) is 36.8 Å². The summed E-state index contributed by atoms with van der Waals surface area (Å²) in [5.41, 5.74) is 2.96. The summed E-state index contributed by atoms with van der Waals surface area (Å²) in [6.45, 7) is 4.37. The minimum Gasteiger partial charge on any atom is -0.493 e. The van der Waals surface area contributed by atoms with E-state index in [0.717, 1.165) is 5.56 Å². The van der Waals surface area contributed by atoms with Crippen molar-refractivity contribution in [3.8, 4) is 11.5 Å². The molecule has 0 heterocycles. The lowest BCUT2D eigenvalue weighted by Crippen LogP contribution is -2.01. The molecule has 3 nitrogen and oxygen atoms in total. The Morgan fingerprint density at radius 2 is 1.76 bits per heavy atom. The molecule has 21 heavy (non-hydrogen) atoms. The number of hydrogen-bond donors (Lipinski definition) is 0. The number of benzene rings is 2. The molecule has 0 spiro atoms. The van der Waals surface area contributed by atoms with Gasteiger partial charge in [-0.3, -0.25) is 4.79 Å². The molecular formula is C18H20O3. The Balaban J connectivity index is 2.12. The molecule has 0 N–H and O–H groups in total. The number of methoxy groups -OCH3 is 1. The van der Waals surface area contributed by atoms with Gasteiger partial charge in [-0.25, -0.2) is 0 Å². The molecule has 0 radical (unpaired) electrons. The van der Waals surface area contributed by atoms with Crippen molar-refractivity contribution in [2.24, 2.45) is 0 Å². The van der Waals surface area contributed by atoms with Crippen LogP contribution in [-0.2, 0) is 6.61 Å². The molecule has 0 aliphatic heterocycles. The van der Waals surface area contributed by atoms with Crippen LogP contribution in [0, 0.1) is 6.92 Å². The molecule has 0 amide bonds. The van der Waals surface area contributed by atoms with Gasteiger partial charge in [0.1, 0.15) is 6.61 Å². The van der Waals surface area contributed by atoms with Crippen molar-refractivity contribution >= 4 is 5.78 Å². The van der Waals surface area contributed by atoms with Gasteiger partial charge < -0.3 is 9.47 Å². The predicted molar refractivity (Wildman–Crippen MR) is 83.1 cm³/mol. The molecule has 0 unspecified atom stereocenters. The summed E-state index contributed by atoms with van der Waals surface area (Å²) in [5.74, 6) is 1.32. The van der Waals surface area contributed by atoms with Gasteiger partial charge >= 0.3 is 0 Å². The second-order valence-corrected chi connectivity index (χ2v) is 4.92. The summed E-state index contributed by atoms with van der Waals surface area (Å²) in [6.07, 6.45) is 0.479. The molecule has 0 atom stereocenters. The number of aryl methyl sites for hydroxylation is 1. The Labute approximate surface area is 125 Å². The van der Waals surface area contributed by atoms with E-state index in [9.17, 15) is 4.79 Å². The van der Waals surface area contributed by atoms with E-state index in [4.69, 9.17) is 9.47 Å². The van der Waals surface area contributed by atoms with Crippen molar-refractivity contribution in [3.63, 3.8) is 0 Å². The first-order valence-corrected chi connectivity index (χ1v) is 7.03. The van der Waals surface area contributed by atoms with Crippen molar-refractivity contribution in [3.05, 3.63) is 59.2 Å². The topological polar surface area (TPSA) is 35.5 Å². The third-order valence-corrected chi connectivity index (χ3v) is 3.32. The highest BCUT2D eigenvalue weighted by atomic mass is 16.5. The lowest BCUT2D eigenvalue weighted by Gasteiger charge is -2.12. The predicted octanol–water partition coefficient (Wildman–Crippen LogP) is 4.18. The quantitative estimate of drug-likeness (QED) is 0.747. The average Bonchev–Trinajstić information content (AvgIpc) is 2.53. The van der Waals surface area contributed by atoms with Crippen LogP contribution >= 0.6 is 0 Å². The van der Waals surface area contributed by atoms with E-state index in [1.807, 2.05) is 19.1 Å². The summed E-state index contributed by atoms with van der Waals surface area (Å²) in [7, 11) is 1.58. The normalized spacial score (nSPS) is 10.2. The Morgan fingerprint density at radius 1 is 1.05 bits per heavy atom. The van der Waals surface area contributed by atoms with E-state index >= 15 is 0 Å². The first kappa shape index (κ1) is 15.1. The lowest BCUT2D eigenvalue weighted by atomic mass is 10.1. The molecule has 0 saturated carbocycles. The average molecular weight is 284 g/mol. The first-order valence-electron chi connectivity index (χ1n) is 7.03. The van der Waals surface area contributed by atoms with Gasteiger partial charge in [-0.2, -0.15) is 0 Å². The van der Waals surface area contributed by atoms with Crippen LogP contribution in [0.1, 0.15) is 34.8 Å². The van der Waals surface area contributed by atoms with Crippen molar-refractivity contribution in [1.29, 1.82) is 0 Å². The van der Waals surface area contributed by atoms with E-state index in [0.29, 0.717) is 30.1 Å². The zero-order chi connectivity index (χ0) is 15.2. The molecule has 2 aromatic rings. The third kappa shape index (κ3) is 3.85. The van der Waals surface area contributed by atoms with Crippen LogP contribution < -0.4 is 9.47 Å². The maximum atomic E-state index is 11.7. The maximum absolute atomic E-state index is 11.7. The zero-order valence-electron chi connectivity index (χ0n) is 12.7. The smallest absolute Gasteiger partial charge is 0.162 e. The Hall–Kier alpha value is -2.29. The second kappa shape index (κ2) is 6.93. The molecule has 0 aliphatic carbocycles. The van der Waals surface area contributed by atoms with Crippen LogP contribution in [0.3, 0.4) is 0 Å². The first-order chi connectivity index (χ1) is 10.1. The highest BCUT2D eigenvalue weighted by molar-refractivity contribution is 5.96. The van der Waals surface area contributed by atoms with Crippen LogP contribution in [0.2, 0.25) is 0 Å². The minimum absolute atomic E-state index is 0.0957. The second-order valence-electron chi connectivity index (χ2n) is 4.92. The van der Waals surface area contributed by atoms with Gasteiger partial charge in [-0.15, -0.1) is 0 Å². The van der Waals surface area contributed by atoms with Gasteiger partial charge in [0.2, 0.25) is 0 Å². The highest BCUT2D eigenvalue weighted by Crippen LogP contribution is 2.29. The number of hydrogen-bond acceptors (Lipinski definition) is 3. The van der Waals surface area contributed by atoms with Crippen LogP contribution in [0.5, 0.6) is 11.5 Å². The van der Waals surface area contributed by atoms with Gasteiger partial charge in [0.15, 0.2) is 17.3 Å². The largest absolute Gasteiger partial charge is 0.493 e. The molecule has 2 rings (SSSR count). The van der Waals surface area contributed by atoms with Gasteiger partial charge in [0.25, 0.3) is 0 Å². The number of carbonyl (C=O) groups is 1. The minimum atomic E-state index is 0.0957. The van der Waals surface area contributed by atoms with E-state index in [1.54, 1.807) is 25.3 Å². The Kier molecular flexibility index (Phi) is 4.99. The fraction of sp³-hybridized carbons (Fsp3) is 0.278. The number of ether oxygens (including phenoxy) is 2. The number of ketones is 1. The summed E-state index contributed by atoms with van der Waals surface area (Å²) in [5, 5.41) is 0. The van der Waals surface area contributed by atoms with Crippen LogP contribution in [-0.4, -0.2) is 12.9 Å². The molecule has 0 saturated heterocycles. The molecule has 0 fully saturated rings. The molecule has 2 aromatic carbocycles. The fourth-order valence-corrected chi connectivity index (χ4v) is 2.01.